The molecule has 3 aliphatic carbocycles. The monoisotopic (exact) mass is 504 g/mol. The molecule has 1 aromatic carbocycles. The molecular weight excluding hydrogens is 463 g/mol. The van der Waals surface area contributed by atoms with Crippen LogP contribution < -0.4 is 20.1 Å². The van der Waals surface area contributed by atoms with Crippen LogP contribution in [0, 0.1) is 29.5 Å². The summed E-state index contributed by atoms with van der Waals surface area (Å²) in [7, 11) is 3.04. The average molecular weight is 505 g/mol. The molecule has 200 valence electrons. The van der Waals surface area contributed by atoms with Gasteiger partial charge < -0.3 is 24.8 Å². The van der Waals surface area contributed by atoms with Crippen molar-refractivity contribution in [2.24, 2.45) is 23.7 Å². The SMILES string of the molecule is COc1cc(F)c(O[C@H]2CC[C@H](C)CC2)cc1C(=O)N[C@@H]1[C@H]2CC[C@H](C2)[C@@H]1C(=O)NCC(C)(C)OC. The number of benzene rings is 1. The number of methoxy groups -OCH3 is 2. The highest BCUT2D eigenvalue weighted by atomic mass is 19.1. The quantitative estimate of drug-likeness (QED) is 0.518. The summed E-state index contributed by atoms with van der Waals surface area (Å²) in [6, 6.07) is 2.39. The highest BCUT2D eigenvalue weighted by Crippen LogP contribution is 2.49. The Morgan fingerprint density at radius 3 is 2.39 bits per heavy atom. The highest BCUT2D eigenvalue weighted by Gasteiger charge is 2.51. The van der Waals surface area contributed by atoms with Gasteiger partial charge in [0, 0.05) is 25.8 Å². The lowest BCUT2D eigenvalue weighted by Crippen LogP contribution is -2.51. The van der Waals surface area contributed by atoms with Gasteiger partial charge in [-0.05, 0) is 82.6 Å². The zero-order valence-corrected chi connectivity index (χ0v) is 22.2. The van der Waals surface area contributed by atoms with E-state index in [0.717, 1.165) is 44.9 Å². The number of nitrogens with one attached hydrogen (secondary N) is 2. The van der Waals surface area contributed by atoms with Crippen molar-refractivity contribution in [1.29, 1.82) is 0 Å². The Morgan fingerprint density at radius 2 is 1.72 bits per heavy atom. The lowest BCUT2D eigenvalue weighted by molar-refractivity contribution is -0.128. The fourth-order valence-electron chi connectivity index (χ4n) is 6.09. The summed E-state index contributed by atoms with van der Waals surface area (Å²) in [6.07, 6.45) is 6.67. The van der Waals surface area contributed by atoms with E-state index in [-0.39, 0.29) is 58.8 Å². The van der Waals surface area contributed by atoms with Gasteiger partial charge in [0.05, 0.1) is 30.3 Å². The van der Waals surface area contributed by atoms with Crippen LogP contribution in [-0.4, -0.2) is 50.3 Å². The van der Waals surface area contributed by atoms with Crippen LogP contribution >= 0.6 is 0 Å². The van der Waals surface area contributed by atoms with E-state index in [9.17, 15) is 14.0 Å². The predicted octanol–water partition coefficient (Wildman–Crippen LogP) is 4.48. The van der Waals surface area contributed by atoms with Gasteiger partial charge in [-0.3, -0.25) is 9.59 Å². The van der Waals surface area contributed by atoms with Gasteiger partial charge in [0.15, 0.2) is 11.6 Å². The summed E-state index contributed by atoms with van der Waals surface area (Å²) in [5.41, 5.74) is -0.249. The summed E-state index contributed by atoms with van der Waals surface area (Å²) in [5.74, 6) is 0.0993. The molecule has 2 N–H and O–H groups in total. The van der Waals surface area contributed by atoms with Crippen LogP contribution in [0.25, 0.3) is 0 Å². The van der Waals surface area contributed by atoms with E-state index in [4.69, 9.17) is 14.2 Å². The van der Waals surface area contributed by atoms with Crippen LogP contribution in [0.2, 0.25) is 0 Å². The molecule has 1 aromatic rings. The summed E-state index contributed by atoms with van der Waals surface area (Å²) < 4.78 is 31.6. The Morgan fingerprint density at radius 1 is 1.03 bits per heavy atom. The van der Waals surface area contributed by atoms with Crippen molar-refractivity contribution < 1.29 is 28.2 Å². The van der Waals surface area contributed by atoms with Crippen molar-refractivity contribution in [3.63, 3.8) is 0 Å². The minimum Gasteiger partial charge on any atom is -0.496 e. The van der Waals surface area contributed by atoms with Gasteiger partial charge >= 0.3 is 0 Å². The summed E-state index contributed by atoms with van der Waals surface area (Å²) in [5, 5.41) is 6.13. The number of rotatable bonds is 9. The second kappa shape index (κ2) is 11.0. The highest BCUT2D eigenvalue weighted by molar-refractivity contribution is 5.98. The van der Waals surface area contributed by atoms with E-state index in [2.05, 4.69) is 17.6 Å². The largest absolute Gasteiger partial charge is 0.496 e. The standard InChI is InChI=1S/C28H41FN2O5/c1-16-6-10-19(11-7-16)36-23-13-20(22(34-4)14-21(23)29)26(32)31-25-18-9-8-17(12-18)24(25)27(33)30-15-28(2,3)35-5/h13-14,16-19,24-25H,6-12,15H2,1-5H3,(H,30,33)(H,31,32)/t16-,17-,18+,19-,24+,25-/m1/s1. The second-order valence-corrected chi connectivity index (χ2v) is 11.5. The molecule has 2 bridgehead atoms. The van der Waals surface area contributed by atoms with Crippen molar-refractivity contribution in [3.05, 3.63) is 23.5 Å². The first-order chi connectivity index (χ1) is 17.1. The molecule has 8 heteroatoms. The van der Waals surface area contributed by atoms with E-state index in [1.165, 1.54) is 19.2 Å². The van der Waals surface area contributed by atoms with Gasteiger partial charge in [0.1, 0.15) is 5.75 Å². The molecule has 4 atom stereocenters. The lowest BCUT2D eigenvalue weighted by atomic mass is 9.83. The molecule has 0 heterocycles. The van der Waals surface area contributed by atoms with E-state index in [0.29, 0.717) is 12.5 Å². The normalized spacial score (nSPS) is 29.6. The lowest BCUT2D eigenvalue weighted by Gasteiger charge is -2.32. The van der Waals surface area contributed by atoms with E-state index in [1.807, 2.05) is 13.8 Å². The molecule has 7 nitrogen and oxygen atoms in total. The van der Waals surface area contributed by atoms with E-state index >= 15 is 0 Å². The van der Waals surface area contributed by atoms with E-state index in [1.54, 1.807) is 7.11 Å². The van der Waals surface area contributed by atoms with Crippen molar-refractivity contribution >= 4 is 11.8 Å². The first-order valence-corrected chi connectivity index (χ1v) is 13.3. The maximum atomic E-state index is 14.8. The predicted molar refractivity (Wildman–Crippen MR) is 135 cm³/mol. The molecule has 36 heavy (non-hydrogen) atoms. The Hall–Kier alpha value is -2.35. The van der Waals surface area contributed by atoms with Crippen LogP contribution in [0.4, 0.5) is 4.39 Å². The Balaban J connectivity index is 1.49. The van der Waals surface area contributed by atoms with Gasteiger partial charge in [0.2, 0.25) is 5.91 Å². The minimum absolute atomic E-state index is 0.0563. The number of carbonyl (C=O) groups is 2. The third kappa shape index (κ3) is 5.79. The molecule has 0 unspecified atom stereocenters. The first-order valence-electron chi connectivity index (χ1n) is 13.3. The zero-order chi connectivity index (χ0) is 26.0. The maximum absolute atomic E-state index is 14.8. The fourth-order valence-corrected chi connectivity index (χ4v) is 6.09. The van der Waals surface area contributed by atoms with Crippen LogP contribution in [0.1, 0.15) is 76.1 Å². The molecule has 0 saturated heterocycles. The van der Waals surface area contributed by atoms with Gasteiger partial charge in [-0.1, -0.05) is 6.92 Å². The number of ether oxygens (including phenoxy) is 3. The average Bonchev–Trinajstić information content (AvgIpc) is 3.47. The third-order valence-electron chi connectivity index (χ3n) is 8.51. The molecule has 0 radical (unpaired) electrons. The smallest absolute Gasteiger partial charge is 0.255 e. The van der Waals surface area contributed by atoms with Crippen molar-refractivity contribution in [2.75, 3.05) is 20.8 Å². The number of halogens is 1. The fraction of sp³-hybridized carbons (Fsp3) is 0.714. The van der Waals surface area contributed by atoms with Crippen molar-refractivity contribution in [2.45, 2.75) is 83.5 Å². The summed E-state index contributed by atoms with van der Waals surface area (Å²) in [6.45, 7) is 6.45. The number of hydrogen-bond acceptors (Lipinski definition) is 5. The number of amides is 2. The molecule has 3 fully saturated rings. The number of fused-ring (bicyclic) bond motifs is 2. The van der Waals surface area contributed by atoms with Crippen LogP contribution in [0.3, 0.4) is 0 Å². The zero-order valence-electron chi connectivity index (χ0n) is 22.2. The molecule has 0 aliphatic heterocycles. The second-order valence-electron chi connectivity index (χ2n) is 11.5. The van der Waals surface area contributed by atoms with Crippen molar-refractivity contribution in [3.8, 4) is 11.5 Å². The Labute approximate surface area is 213 Å². The summed E-state index contributed by atoms with van der Waals surface area (Å²) in [4.78, 5) is 26.6. The molecular formula is C28H41FN2O5. The molecule has 2 amide bonds. The van der Waals surface area contributed by atoms with Crippen LogP contribution in [0.15, 0.2) is 12.1 Å². The van der Waals surface area contributed by atoms with Crippen LogP contribution in [-0.2, 0) is 9.53 Å². The molecule has 0 aromatic heterocycles. The Bertz CT molecular complexity index is 960. The number of carbonyl (C=O) groups excluding carboxylic acids is 2. The van der Waals surface area contributed by atoms with E-state index < -0.39 is 11.4 Å². The Kier molecular flexibility index (Phi) is 8.12. The summed E-state index contributed by atoms with van der Waals surface area (Å²) >= 11 is 0. The number of hydrogen-bond donors (Lipinski definition) is 2. The topological polar surface area (TPSA) is 85.9 Å². The third-order valence-corrected chi connectivity index (χ3v) is 8.51. The molecule has 0 spiro atoms. The molecule has 4 rings (SSSR count). The maximum Gasteiger partial charge on any atom is 0.255 e. The van der Waals surface area contributed by atoms with Crippen molar-refractivity contribution in [1.82, 2.24) is 10.6 Å². The van der Waals surface area contributed by atoms with Crippen LogP contribution in [0.5, 0.6) is 11.5 Å². The van der Waals surface area contributed by atoms with Gasteiger partial charge in [-0.25, -0.2) is 4.39 Å². The molecule has 3 aliphatic rings. The molecule has 3 saturated carbocycles. The first kappa shape index (κ1) is 26.7. The van der Waals surface area contributed by atoms with Gasteiger partial charge in [-0.2, -0.15) is 0 Å². The van der Waals surface area contributed by atoms with Gasteiger partial charge in [-0.15, -0.1) is 0 Å². The van der Waals surface area contributed by atoms with Gasteiger partial charge in [0.25, 0.3) is 5.91 Å². The minimum atomic E-state index is -0.542.